The summed E-state index contributed by atoms with van der Waals surface area (Å²) in [6.45, 7) is 0. The summed E-state index contributed by atoms with van der Waals surface area (Å²) >= 11 is 6.14. The van der Waals surface area contributed by atoms with Gasteiger partial charge in [0.1, 0.15) is 0 Å². The van der Waals surface area contributed by atoms with E-state index in [2.05, 4.69) is 10.1 Å². The second-order valence-corrected chi connectivity index (χ2v) is 5.25. The SMILES string of the molecule is CN(C)c1ccc(-c2noc(-c3ccccc3Cl)n2)cc1. The highest BCUT2D eigenvalue weighted by Crippen LogP contribution is 2.28. The number of halogens is 1. The number of nitrogens with zero attached hydrogens (tertiary/aromatic N) is 3. The number of rotatable bonds is 3. The molecule has 5 heteroatoms. The zero-order valence-electron chi connectivity index (χ0n) is 11.7. The van der Waals surface area contributed by atoms with Gasteiger partial charge in [0, 0.05) is 25.3 Å². The van der Waals surface area contributed by atoms with Gasteiger partial charge in [-0.05, 0) is 36.4 Å². The van der Waals surface area contributed by atoms with Gasteiger partial charge in [-0.3, -0.25) is 0 Å². The van der Waals surface area contributed by atoms with Crippen molar-refractivity contribution < 1.29 is 4.52 Å². The van der Waals surface area contributed by atoms with E-state index in [4.69, 9.17) is 16.1 Å². The van der Waals surface area contributed by atoms with Crippen LogP contribution >= 0.6 is 11.6 Å². The van der Waals surface area contributed by atoms with E-state index in [9.17, 15) is 0 Å². The third-order valence-corrected chi connectivity index (χ3v) is 3.50. The summed E-state index contributed by atoms with van der Waals surface area (Å²) in [7, 11) is 4.00. The van der Waals surface area contributed by atoms with E-state index in [1.807, 2.05) is 61.5 Å². The Labute approximate surface area is 128 Å². The van der Waals surface area contributed by atoms with Gasteiger partial charge in [-0.1, -0.05) is 28.9 Å². The average molecular weight is 300 g/mol. The second-order valence-electron chi connectivity index (χ2n) is 4.84. The lowest BCUT2D eigenvalue weighted by Gasteiger charge is -2.11. The van der Waals surface area contributed by atoms with Crippen LogP contribution in [0.4, 0.5) is 5.69 Å². The van der Waals surface area contributed by atoms with E-state index in [-0.39, 0.29) is 0 Å². The summed E-state index contributed by atoms with van der Waals surface area (Å²) in [6, 6.07) is 15.4. The minimum Gasteiger partial charge on any atom is -0.378 e. The molecule has 0 saturated heterocycles. The molecule has 3 aromatic rings. The van der Waals surface area contributed by atoms with Crippen molar-refractivity contribution in [2.75, 3.05) is 19.0 Å². The number of anilines is 1. The first-order chi connectivity index (χ1) is 10.1. The van der Waals surface area contributed by atoms with E-state index in [0.717, 1.165) is 16.8 Å². The van der Waals surface area contributed by atoms with E-state index in [0.29, 0.717) is 16.7 Å². The number of aromatic nitrogens is 2. The fourth-order valence-corrected chi connectivity index (χ4v) is 2.21. The summed E-state index contributed by atoms with van der Waals surface area (Å²) in [5, 5.41) is 4.61. The molecule has 2 aromatic carbocycles. The number of hydrogen-bond donors (Lipinski definition) is 0. The lowest BCUT2D eigenvalue weighted by Crippen LogP contribution is -2.07. The first-order valence-electron chi connectivity index (χ1n) is 6.51. The third-order valence-electron chi connectivity index (χ3n) is 3.17. The van der Waals surface area contributed by atoms with Crippen LogP contribution < -0.4 is 4.90 Å². The molecule has 4 nitrogen and oxygen atoms in total. The van der Waals surface area contributed by atoms with Crippen molar-refractivity contribution in [1.29, 1.82) is 0 Å². The molecule has 0 atom stereocenters. The Hall–Kier alpha value is -2.33. The molecular formula is C16H14ClN3O. The molecule has 1 heterocycles. The fraction of sp³-hybridized carbons (Fsp3) is 0.125. The highest BCUT2D eigenvalue weighted by molar-refractivity contribution is 6.33. The average Bonchev–Trinajstić information content (AvgIpc) is 2.97. The van der Waals surface area contributed by atoms with Gasteiger partial charge < -0.3 is 9.42 Å². The van der Waals surface area contributed by atoms with E-state index in [1.54, 1.807) is 6.07 Å². The third kappa shape index (κ3) is 2.76. The molecule has 0 aliphatic rings. The van der Waals surface area contributed by atoms with Gasteiger partial charge >= 0.3 is 0 Å². The van der Waals surface area contributed by atoms with Crippen molar-refractivity contribution in [3.8, 4) is 22.8 Å². The van der Waals surface area contributed by atoms with Crippen LogP contribution in [0.25, 0.3) is 22.8 Å². The Morgan fingerprint density at radius 2 is 1.71 bits per heavy atom. The van der Waals surface area contributed by atoms with Crippen molar-refractivity contribution in [1.82, 2.24) is 10.1 Å². The van der Waals surface area contributed by atoms with Crippen LogP contribution in [0.3, 0.4) is 0 Å². The van der Waals surface area contributed by atoms with Crippen LogP contribution in [-0.2, 0) is 0 Å². The zero-order valence-corrected chi connectivity index (χ0v) is 12.5. The summed E-state index contributed by atoms with van der Waals surface area (Å²) in [4.78, 5) is 6.45. The van der Waals surface area contributed by atoms with Crippen molar-refractivity contribution in [3.63, 3.8) is 0 Å². The summed E-state index contributed by atoms with van der Waals surface area (Å²) < 4.78 is 5.31. The second kappa shape index (κ2) is 5.58. The summed E-state index contributed by atoms with van der Waals surface area (Å²) in [6.07, 6.45) is 0. The molecule has 0 unspecified atom stereocenters. The Kier molecular flexibility index (Phi) is 3.62. The van der Waals surface area contributed by atoms with Crippen molar-refractivity contribution in [2.45, 2.75) is 0 Å². The van der Waals surface area contributed by atoms with Crippen molar-refractivity contribution in [3.05, 3.63) is 53.6 Å². The fourth-order valence-electron chi connectivity index (χ4n) is 1.99. The lowest BCUT2D eigenvalue weighted by atomic mass is 10.2. The number of benzene rings is 2. The van der Waals surface area contributed by atoms with Gasteiger partial charge in [-0.25, -0.2) is 0 Å². The molecule has 1 aromatic heterocycles. The molecule has 0 fully saturated rings. The molecule has 106 valence electrons. The normalized spacial score (nSPS) is 10.6. The Bertz CT molecular complexity index is 750. The van der Waals surface area contributed by atoms with E-state index in [1.165, 1.54) is 0 Å². The molecule has 0 N–H and O–H groups in total. The molecule has 0 bridgehead atoms. The topological polar surface area (TPSA) is 42.2 Å². The molecule has 0 radical (unpaired) electrons. The van der Waals surface area contributed by atoms with Gasteiger partial charge in [-0.2, -0.15) is 4.98 Å². The first-order valence-corrected chi connectivity index (χ1v) is 6.89. The predicted molar refractivity (Wildman–Crippen MR) is 84.5 cm³/mol. The van der Waals surface area contributed by atoms with Gasteiger partial charge in [0.15, 0.2) is 0 Å². The van der Waals surface area contributed by atoms with Gasteiger partial charge in [0.05, 0.1) is 10.6 Å². The maximum atomic E-state index is 6.14. The van der Waals surface area contributed by atoms with Crippen LogP contribution in [0.2, 0.25) is 5.02 Å². The van der Waals surface area contributed by atoms with Crippen molar-refractivity contribution >= 4 is 17.3 Å². The summed E-state index contributed by atoms with van der Waals surface area (Å²) in [5.74, 6) is 0.975. The Balaban J connectivity index is 1.93. The maximum absolute atomic E-state index is 6.14. The highest BCUT2D eigenvalue weighted by atomic mass is 35.5. The zero-order chi connectivity index (χ0) is 14.8. The minimum absolute atomic E-state index is 0.423. The largest absolute Gasteiger partial charge is 0.378 e. The van der Waals surface area contributed by atoms with Crippen LogP contribution in [0, 0.1) is 0 Å². The lowest BCUT2D eigenvalue weighted by molar-refractivity contribution is 0.432. The molecule has 0 amide bonds. The van der Waals surface area contributed by atoms with Crippen LogP contribution in [-0.4, -0.2) is 24.2 Å². The Morgan fingerprint density at radius 1 is 1.00 bits per heavy atom. The van der Waals surface area contributed by atoms with E-state index < -0.39 is 0 Å². The molecule has 21 heavy (non-hydrogen) atoms. The standard InChI is InChI=1S/C16H14ClN3O/c1-20(2)12-9-7-11(8-10-12)15-18-16(21-19-15)13-5-3-4-6-14(13)17/h3-10H,1-2H3. The van der Waals surface area contributed by atoms with Crippen LogP contribution in [0.15, 0.2) is 53.1 Å². The van der Waals surface area contributed by atoms with Gasteiger partial charge in [0.2, 0.25) is 5.82 Å². The smallest absolute Gasteiger partial charge is 0.259 e. The molecule has 0 aliphatic heterocycles. The predicted octanol–water partition coefficient (Wildman–Crippen LogP) is 4.12. The van der Waals surface area contributed by atoms with E-state index >= 15 is 0 Å². The molecule has 0 aliphatic carbocycles. The Morgan fingerprint density at radius 3 is 2.38 bits per heavy atom. The van der Waals surface area contributed by atoms with Gasteiger partial charge in [-0.15, -0.1) is 0 Å². The van der Waals surface area contributed by atoms with Gasteiger partial charge in [0.25, 0.3) is 5.89 Å². The summed E-state index contributed by atoms with van der Waals surface area (Å²) in [5.41, 5.74) is 2.76. The maximum Gasteiger partial charge on any atom is 0.259 e. The molecular weight excluding hydrogens is 286 g/mol. The number of hydrogen-bond acceptors (Lipinski definition) is 4. The first kappa shape index (κ1) is 13.6. The molecule has 0 spiro atoms. The van der Waals surface area contributed by atoms with Crippen LogP contribution in [0.1, 0.15) is 0 Å². The van der Waals surface area contributed by atoms with Crippen LogP contribution in [0.5, 0.6) is 0 Å². The monoisotopic (exact) mass is 299 g/mol. The quantitative estimate of drug-likeness (QED) is 0.729. The highest BCUT2D eigenvalue weighted by Gasteiger charge is 2.12. The van der Waals surface area contributed by atoms with Crippen molar-refractivity contribution in [2.24, 2.45) is 0 Å². The molecule has 0 saturated carbocycles. The minimum atomic E-state index is 0.423. The molecule has 3 rings (SSSR count).